The number of phenols is 1. The lowest BCUT2D eigenvalue weighted by Gasteiger charge is -2.19. The van der Waals surface area contributed by atoms with Crippen molar-refractivity contribution in [3.8, 4) is 5.75 Å². The average molecular weight is 293 g/mol. The second-order valence-electron chi connectivity index (χ2n) is 5.86. The number of aryl methyl sites for hydroxylation is 1. The molecule has 1 aliphatic rings. The standard InChI is InChI=1S/C17H27NOS/c1-3-20-17-11-8-15(12-17)18-13(2)4-5-14-6-9-16(19)10-7-14/h6-7,9-10,13,15,17-19H,3-5,8,11-12H2,1-2H3. The van der Waals surface area contributed by atoms with Gasteiger partial charge in [0, 0.05) is 17.3 Å². The molecule has 3 unspecified atom stereocenters. The van der Waals surface area contributed by atoms with E-state index in [0.29, 0.717) is 17.8 Å². The van der Waals surface area contributed by atoms with Crippen LogP contribution in [0.4, 0.5) is 0 Å². The van der Waals surface area contributed by atoms with Crippen LogP contribution in [-0.2, 0) is 6.42 Å². The highest BCUT2D eigenvalue weighted by atomic mass is 32.2. The fourth-order valence-electron chi connectivity index (χ4n) is 3.01. The van der Waals surface area contributed by atoms with Crippen LogP contribution < -0.4 is 5.32 Å². The van der Waals surface area contributed by atoms with Crippen molar-refractivity contribution in [1.29, 1.82) is 0 Å². The van der Waals surface area contributed by atoms with E-state index in [9.17, 15) is 5.11 Å². The zero-order valence-corrected chi connectivity index (χ0v) is 13.5. The number of hydrogen-bond acceptors (Lipinski definition) is 3. The lowest BCUT2D eigenvalue weighted by Crippen LogP contribution is -2.35. The Morgan fingerprint density at radius 3 is 2.75 bits per heavy atom. The summed E-state index contributed by atoms with van der Waals surface area (Å²) in [5.41, 5.74) is 1.31. The maximum absolute atomic E-state index is 9.28. The van der Waals surface area contributed by atoms with E-state index >= 15 is 0 Å². The average Bonchev–Trinajstić information content (AvgIpc) is 2.86. The van der Waals surface area contributed by atoms with Crippen LogP contribution in [0.15, 0.2) is 24.3 Å². The van der Waals surface area contributed by atoms with Crippen LogP contribution in [0.25, 0.3) is 0 Å². The van der Waals surface area contributed by atoms with Gasteiger partial charge in [0.05, 0.1) is 0 Å². The molecule has 1 aromatic carbocycles. The van der Waals surface area contributed by atoms with E-state index < -0.39 is 0 Å². The molecule has 0 aromatic heterocycles. The molecule has 3 heteroatoms. The predicted molar refractivity (Wildman–Crippen MR) is 88.6 cm³/mol. The molecule has 1 aromatic rings. The van der Waals surface area contributed by atoms with Gasteiger partial charge in [-0.3, -0.25) is 0 Å². The van der Waals surface area contributed by atoms with Crippen molar-refractivity contribution in [2.24, 2.45) is 0 Å². The largest absolute Gasteiger partial charge is 0.508 e. The van der Waals surface area contributed by atoms with Crippen LogP contribution in [0.3, 0.4) is 0 Å². The normalized spacial score (nSPS) is 23.9. The lowest BCUT2D eigenvalue weighted by atomic mass is 10.1. The smallest absolute Gasteiger partial charge is 0.115 e. The van der Waals surface area contributed by atoms with Gasteiger partial charge in [-0.05, 0) is 62.5 Å². The van der Waals surface area contributed by atoms with Gasteiger partial charge in [0.25, 0.3) is 0 Å². The van der Waals surface area contributed by atoms with Crippen molar-refractivity contribution in [2.75, 3.05) is 5.75 Å². The molecule has 0 saturated heterocycles. The van der Waals surface area contributed by atoms with Crippen molar-refractivity contribution in [3.63, 3.8) is 0 Å². The highest BCUT2D eigenvalue weighted by Crippen LogP contribution is 2.30. The molecule has 0 radical (unpaired) electrons. The molecule has 1 aliphatic carbocycles. The first kappa shape index (κ1) is 15.7. The summed E-state index contributed by atoms with van der Waals surface area (Å²) < 4.78 is 0. The Balaban J connectivity index is 1.68. The van der Waals surface area contributed by atoms with Gasteiger partial charge in [-0.15, -0.1) is 0 Å². The van der Waals surface area contributed by atoms with Crippen LogP contribution in [0.2, 0.25) is 0 Å². The van der Waals surface area contributed by atoms with Crippen LogP contribution >= 0.6 is 11.8 Å². The Hall–Kier alpha value is -0.670. The topological polar surface area (TPSA) is 32.3 Å². The monoisotopic (exact) mass is 293 g/mol. The van der Waals surface area contributed by atoms with Crippen LogP contribution in [0.5, 0.6) is 5.75 Å². The summed E-state index contributed by atoms with van der Waals surface area (Å²) in [6, 6.07) is 8.87. The van der Waals surface area contributed by atoms with Gasteiger partial charge in [0.15, 0.2) is 0 Å². The number of hydrogen-bond donors (Lipinski definition) is 2. The summed E-state index contributed by atoms with van der Waals surface area (Å²) in [5, 5.41) is 13.9. The Labute approximate surface area is 127 Å². The van der Waals surface area contributed by atoms with E-state index in [0.717, 1.165) is 18.1 Å². The molecule has 112 valence electrons. The maximum atomic E-state index is 9.28. The summed E-state index contributed by atoms with van der Waals surface area (Å²) in [4.78, 5) is 0. The number of aromatic hydroxyl groups is 1. The first-order chi connectivity index (χ1) is 9.67. The molecule has 2 rings (SSSR count). The second-order valence-corrected chi connectivity index (χ2v) is 7.44. The predicted octanol–water partition coefficient (Wildman–Crippen LogP) is 3.98. The van der Waals surface area contributed by atoms with Crippen molar-refractivity contribution < 1.29 is 5.11 Å². The van der Waals surface area contributed by atoms with Crippen LogP contribution in [-0.4, -0.2) is 28.2 Å². The first-order valence-corrected chi connectivity index (χ1v) is 8.87. The highest BCUT2D eigenvalue weighted by Gasteiger charge is 2.25. The fraction of sp³-hybridized carbons (Fsp3) is 0.647. The van der Waals surface area contributed by atoms with E-state index in [1.807, 2.05) is 12.1 Å². The minimum Gasteiger partial charge on any atom is -0.508 e. The molecule has 0 aliphatic heterocycles. The first-order valence-electron chi connectivity index (χ1n) is 7.83. The molecule has 1 saturated carbocycles. The number of benzene rings is 1. The molecule has 0 heterocycles. The molecule has 2 nitrogen and oxygen atoms in total. The number of nitrogens with one attached hydrogen (secondary N) is 1. The van der Waals surface area contributed by atoms with Crippen molar-refractivity contribution in [1.82, 2.24) is 5.32 Å². The van der Waals surface area contributed by atoms with Gasteiger partial charge < -0.3 is 10.4 Å². The maximum Gasteiger partial charge on any atom is 0.115 e. The highest BCUT2D eigenvalue weighted by molar-refractivity contribution is 7.99. The van der Waals surface area contributed by atoms with Crippen molar-refractivity contribution in [3.05, 3.63) is 29.8 Å². The fourth-order valence-corrected chi connectivity index (χ4v) is 4.15. The third kappa shape index (κ3) is 5.02. The lowest BCUT2D eigenvalue weighted by molar-refractivity contribution is 0.432. The third-order valence-electron chi connectivity index (χ3n) is 4.11. The zero-order valence-electron chi connectivity index (χ0n) is 12.6. The van der Waals surface area contributed by atoms with Crippen LogP contribution in [0, 0.1) is 0 Å². The number of phenolic OH excluding ortho intramolecular Hbond substituents is 1. The van der Waals surface area contributed by atoms with Crippen LogP contribution in [0.1, 0.15) is 45.1 Å². The third-order valence-corrected chi connectivity index (χ3v) is 5.34. The molecular formula is C17H27NOS. The van der Waals surface area contributed by atoms with E-state index in [1.54, 1.807) is 12.1 Å². The minimum atomic E-state index is 0.352. The van der Waals surface area contributed by atoms with Gasteiger partial charge in [-0.1, -0.05) is 19.1 Å². The molecule has 3 atom stereocenters. The second kappa shape index (κ2) is 7.94. The van der Waals surface area contributed by atoms with Gasteiger partial charge in [0.2, 0.25) is 0 Å². The van der Waals surface area contributed by atoms with E-state index in [1.165, 1.54) is 30.6 Å². The Morgan fingerprint density at radius 1 is 1.30 bits per heavy atom. The molecule has 1 fully saturated rings. The molecular weight excluding hydrogens is 266 g/mol. The Morgan fingerprint density at radius 2 is 2.05 bits per heavy atom. The molecule has 2 N–H and O–H groups in total. The molecule has 0 amide bonds. The SMILES string of the molecule is CCSC1CCC(NC(C)CCc2ccc(O)cc2)C1. The Kier molecular flexibility index (Phi) is 6.24. The molecule has 0 bridgehead atoms. The van der Waals surface area contributed by atoms with Crippen molar-refractivity contribution >= 4 is 11.8 Å². The summed E-state index contributed by atoms with van der Waals surface area (Å²) in [6.07, 6.45) is 6.28. The quantitative estimate of drug-likeness (QED) is 0.797. The summed E-state index contributed by atoms with van der Waals surface area (Å²) in [5.74, 6) is 1.60. The Bertz CT molecular complexity index is 392. The van der Waals surface area contributed by atoms with E-state index in [4.69, 9.17) is 0 Å². The summed E-state index contributed by atoms with van der Waals surface area (Å²) in [7, 11) is 0. The molecule has 20 heavy (non-hydrogen) atoms. The van der Waals surface area contributed by atoms with Gasteiger partial charge >= 0.3 is 0 Å². The van der Waals surface area contributed by atoms with Crippen molar-refractivity contribution in [2.45, 2.75) is 63.3 Å². The number of thioether (sulfide) groups is 1. The molecule has 0 spiro atoms. The van der Waals surface area contributed by atoms with E-state index in [2.05, 4.69) is 30.9 Å². The minimum absolute atomic E-state index is 0.352. The van der Waals surface area contributed by atoms with E-state index in [-0.39, 0.29) is 0 Å². The summed E-state index contributed by atoms with van der Waals surface area (Å²) >= 11 is 2.12. The van der Waals surface area contributed by atoms with Gasteiger partial charge in [-0.2, -0.15) is 11.8 Å². The summed E-state index contributed by atoms with van der Waals surface area (Å²) in [6.45, 7) is 4.55. The zero-order chi connectivity index (χ0) is 14.4. The number of rotatable bonds is 7. The van der Waals surface area contributed by atoms with Gasteiger partial charge in [0.1, 0.15) is 5.75 Å². The van der Waals surface area contributed by atoms with Gasteiger partial charge in [-0.25, -0.2) is 0 Å².